The minimum Gasteiger partial charge on any atom is -0.354 e. The van der Waals surface area contributed by atoms with E-state index in [9.17, 15) is 0 Å². The molecule has 4 aromatic rings. The Morgan fingerprint density at radius 2 is 1.45 bits per heavy atom. The number of aromatic nitrogens is 1. The maximum Gasteiger partial charge on any atom is 0.0471 e. The largest absolute Gasteiger partial charge is 0.354 e. The average molecular weight is 369 g/mol. The molecular formula is C28H19N. The second-order valence-corrected chi connectivity index (χ2v) is 8.20. The van der Waals surface area contributed by atoms with Crippen molar-refractivity contribution < 1.29 is 0 Å². The van der Waals surface area contributed by atoms with Crippen LogP contribution in [0.25, 0.3) is 39.3 Å². The van der Waals surface area contributed by atoms with Crippen LogP contribution in [-0.4, -0.2) is 4.98 Å². The highest BCUT2D eigenvalue weighted by atomic mass is 14.7. The van der Waals surface area contributed by atoms with Crippen LogP contribution in [0.3, 0.4) is 0 Å². The second-order valence-electron chi connectivity index (χ2n) is 8.20. The Hall–Kier alpha value is -3.58. The molecular weight excluding hydrogens is 350 g/mol. The van der Waals surface area contributed by atoms with Crippen molar-refractivity contribution in [1.82, 2.24) is 4.98 Å². The van der Waals surface area contributed by atoms with Gasteiger partial charge in [-0.3, -0.25) is 0 Å². The number of H-pyrrole nitrogens is 1. The first kappa shape index (κ1) is 15.4. The van der Waals surface area contributed by atoms with Crippen molar-refractivity contribution in [2.24, 2.45) is 5.92 Å². The van der Waals surface area contributed by atoms with Gasteiger partial charge in [0, 0.05) is 34.0 Å². The normalized spacial score (nSPS) is 20.7. The number of allylic oxidation sites excluding steroid dienone is 5. The van der Waals surface area contributed by atoms with E-state index >= 15 is 0 Å². The summed E-state index contributed by atoms with van der Waals surface area (Å²) in [5, 5.41) is 1.32. The lowest BCUT2D eigenvalue weighted by Crippen LogP contribution is -2.19. The summed E-state index contributed by atoms with van der Waals surface area (Å²) in [7, 11) is 0. The Kier molecular flexibility index (Phi) is 2.90. The van der Waals surface area contributed by atoms with Gasteiger partial charge in [-0.2, -0.15) is 0 Å². The molecule has 29 heavy (non-hydrogen) atoms. The van der Waals surface area contributed by atoms with E-state index in [1.165, 1.54) is 55.6 Å². The molecule has 0 spiro atoms. The van der Waals surface area contributed by atoms with Gasteiger partial charge in [0.1, 0.15) is 0 Å². The summed E-state index contributed by atoms with van der Waals surface area (Å²) in [6.07, 6.45) is 9.41. The monoisotopic (exact) mass is 369 g/mol. The molecule has 3 aliphatic carbocycles. The van der Waals surface area contributed by atoms with Gasteiger partial charge in [-0.1, -0.05) is 85.0 Å². The standard InChI is InChI=1S/C28H19N/c1-3-10-19-17(8-1)18-9-2-4-11-20(18)24-16-26-28(22-12-5-6-15-25(22)29-26)23-14-7-13-21(19)27(23)24/h1-16,21,27,29H. The summed E-state index contributed by atoms with van der Waals surface area (Å²) in [6, 6.07) is 26.5. The molecule has 2 atom stereocenters. The maximum absolute atomic E-state index is 3.68. The van der Waals surface area contributed by atoms with E-state index in [0.717, 1.165) is 0 Å². The van der Waals surface area contributed by atoms with Crippen LogP contribution in [0.5, 0.6) is 0 Å². The quantitative estimate of drug-likeness (QED) is 0.342. The van der Waals surface area contributed by atoms with Gasteiger partial charge in [0.15, 0.2) is 0 Å². The van der Waals surface area contributed by atoms with E-state index in [1.807, 2.05) is 0 Å². The number of hydrogen-bond acceptors (Lipinski definition) is 0. The first-order chi connectivity index (χ1) is 14.4. The Morgan fingerprint density at radius 3 is 2.38 bits per heavy atom. The third-order valence-corrected chi connectivity index (χ3v) is 6.80. The van der Waals surface area contributed by atoms with Crippen LogP contribution in [0.1, 0.15) is 28.3 Å². The predicted octanol–water partition coefficient (Wildman–Crippen LogP) is 7.06. The van der Waals surface area contributed by atoms with Crippen LogP contribution in [-0.2, 0) is 0 Å². The molecule has 0 amide bonds. The Morgan fingerprint density at radius 1 is 0.690 bits per heavy atom. The van der Waals surface area contributed by atoms with E-state index < -0.39 is 0 Å². The van der Waals surface area contributed by atoms with Crippen molar-refractivity contribution in [3.63, 3.8) is 0 Å². The van der Waals surface area contributed by atoms with Gasteiger partial charge in [-0.25, -0.2) is 0 Å². The van der Waals surface area contributed by atoms with Crippen LogP contribution in [0.2, 0.25) is 0 Å². The van der Waals surface area contributed by atoms with E-state index in [0.29, 0.717) is 11.8 Å². The molecule has 3 aromatic carbocycles. The number of nitrogens with one attached hydrogen (secondary N) is 1. The number of benzene rings is 3. The van der Waals surface area contributed by atoms with Crippen molar-refractivity contribution in [3.8, 4) is 11.1 Å². The zero-order valence-electron chi connectivity index (χ0n) is 15.9. The fourth-order valence-electron chi connectivity index (χ4n) is 5.65. The van der Waals surface area contributed by atoms with Crippen LogP contribution < -0.4 is 0 Å². The van der Waals surface area contributed by atoms with Crippen molar-refractivity contribution in [2.45, 2.75) is 5.92 Å². The van der Waals surface area contributed by atoms with Crippen LogP contribution >= 0.6 is 0 Å². The van der Waals surface area contributed by atoms with Crippen LogP contribution in [0.15, 0.2) is 91.0 Å². The Bertz CT molecular complexity index is 1410. The molecule has 7 rings (SSSR count). The third kappa shape index (κ3) is 1.95. The van der Waals surface area contributed by atoms with Crippen LogP contribution in [0.4, 0.5) is 0 Å². The summed E-state index contributed by atoms with van der Waals surface area (Å²) in [4.78, 5) is 3.68. The lowest BCUT2D eigenvalue weighted by Gasteiger charge is -2.34. The first-order valence-corrected chi connectivity index (χ1v) is 10.3. The number of rotatable bonds is 0. The summed E-state index contributed by atoms with van der Waals surface area (Å²) in [6.45, 7) is 0. The van der Waals surface area contributed by atoms with Gasteiger partial charge in [0.05, 0.1) is 0 Å². The molecule has 0 saturated carbocycles. The number of hydrogen-bond donors (Lipinski definition) is 1. The number of para-hydroxylation sites is 1. The van der Waals surface area contributed by atoms with Gasteiger partial charge in [0.2, 0.25) is 0 Å². The molecule has 136 valence electrons. The smallest absolute Gasteiger partial charge is 0.0471 e. The van der Waals surface area contributed by atoms with Gasteiger partial charge in [-0.05, 0) is 45.5 Å². The molecule has 1 nitrogen and oxygen atoms in total. The minimum atomic E-state index is 0.344. The molecule has 1 heterocycles. The third-order valence-electron chi connectivity index (χ3n) is 6.80. The SMILES string of the molecule is C1=CC2c3ccccc3-c3ccccc3C3=Cc4[nH]c5ccccc5c4C(=C1)C32. The summed E-state index contributed by atoms with van der Waals surface area (Å²) < 4.78 is 0. The van der Waals surface area contributed by atoms with Gasteiger partial charge in [-0.15, -0.1) is 0 Å². The van der Waals surface area contributed by atoms with Crippen molar-refractivity contribution in [3.05, 3.63) is 113 Å². The number of aromatic amines is 1. The zero-order chi connectivity index (χ0) is 18.9. The summed E-state index contributed by atoms with van der Waals surface area (Å²) in [5.74, 6) is 0.697. The molecule has 1 heteroatoms. The molecule has 0 saturated heterocycles. The van der Waals surface area contributed by atoms with Crippen molar-refractivity contribution in [2.75, 3.05) is 0 Å². The minimum absolute atomic E-state index is 0.344. The molecule has 0 fully saturated rings. The highest BCUT2D eigenvalue weighted by molar-refractivity contribution is 6.09. The highest BCUT2D eigenvalue weighted by Gasteiger charge is 2.39. The highest BCUT2D eigenvalue weighted by Crippen LogP contribution is 2.56. The van der Waals surface area contributed by atoms with E-state index in [-0.39, 0.29) is 0 Å². The fourth-order valence-corrected chi connectivity index (χ4v) is 5.65. The molecule has 1 N–H and O–H groups in total. The summed E-state index contributed by atoms with van der Waals surface area (Å²) in [5.41, 5.74) is 12.2. The number of fused-ring (bicyclic) bond motifs is 9. The van der Waals surface area contributed by atoms with Gasteiger partial charge in [0.25, 0.3) is 0 Å². The second kappa shape index (κ2) is 5.48. The van der Waals surface area contributed by atoms with Gasteiger partial charge >= 0.3 is 0 Å². The Balaban J connectivity index is 1.63. The molecule has 0 bridgehead atoms. The summed E-state index contributed by atoms with van der Waals surface area (Å²) >= 11 is 0. The Labute approximate surface area is 169 Å². The topological polar surface area (TPSA) is 15.8 Å². The fraction of sp³-hybridized carbons (Fsp3) is 0.0714. The first-order valence-electron chi connectivity index (χ1n) is 10.3. The molecule has 3 aliphatic rings. The van der Waals surface area contributed by atoms with Crippen LogP contribution in [0, 0.1) is 5.92 Å². The van der Waals surface area contributed by atoms with Crippen molar-refractivity contribution in [1.29, 1.82) is 0 Å². The predicted molar refractivity (Wildman–Crippen MR) is 121 cm³/mol. The van der Waals surface area contributed by atoms with E-state index in [4.69, 9.17) is 0 Å². The van der Waals surface area contributed by atoms with E-state index in [2.05, 4.69) is 102 Å². The van der Waals surface area contributed by atoms with Crippen molar-refractivity contribution >= 4 is 28.1 Å². The maximum atomic E-state index is 3.68. The zero-order valence-corrected chi connectivity index (χ0v) is 15.9. The average Bonchev–Trinajstić information content (AvgIpc) is 3.11. The molecule has 1 aromatic heterocycles. The molecule has 0 aliphatic heterocycles. The molecule has 2 unspecified atom stereocenters. The molecule has 0 radical (unpaired) electrons. The van der Waals surface area contributed by atoms with E-state index in [1.54, 1.807) is 0 Å². The lowest BCUT2D eigenvalue weighted by molar-refractivity contribution is 0.739. The van der Waals surface area contributed by atoms with Gasteiger partial charge < -0.3 is 4.98 Å². The lowest BCUT2D eigenvalue weighted by atomic mass is 9.69.